The van der Waals surface area contributed by atoms with E-state index in [4.69, 9.17) is 11.1 Å². The Morgan fingerprint density at radius 2 is 2.05 bits per heavy atom. The van der Waals surface area contributed by atoms with Crippen molar-refractivity contribution >= 4 is 15.9 Å². The molecule has 1 saturated carbocycles. The molecule has 0 saturated heterocycles. The monoisotopic (exact) mass is 303 g/mol. The van der Waals surface area contributed by atoms with Gasteiger partial charge >= 0.3 is 0 Å². The minimum Gasteiger partial charge on any atom is -0.388 e. The number of sulfonamides is 1. The molecule has 5 nitrogen and oxygen atoms in total. The van der Waals surface area contributed by atoms with E-state index in [2.05, 4.69) is 0 Å². The highest BCUT2D eigenvalue weighted by molar-refractivity contribution is 7.89. The maximum Gasteiger partial charge on any atom is 0.246 e. The van der Waals surface area contributed by atoms with Gasteiger partial charge in [0.05, 0.1) is 5.84 Å². The lowest BCUT2D eigenvalue weighted by molar-refractivity contribution is 0.408. The van der Waals surface area contributed by atoms with Gasteiger partial charge in [0, 0.05) is 19.0 Å². The molecule has 110 valence electrons. The Bertz CT molecular complexity index is 630. The predicted molar refractivity (Wildman–Crippen MR) is 69.8 cm³/mol. The largest absolute Gasteiger partial charge is 0.388 e. The fraction of sp³-hybridized carbons (Fsp3) is 0.417. The van der Waals surface area contributed by atoms with Crippen LogP contribution in [0.2, 0.25) is 0 Å². The smallest absolute Gasteiger partial charge is 0.246 e. The number of hydrogen-bond donors (Lipinski definition) is 2. The van der Waals surface area contributed by atoms with Crippen LogP contribution in [0.5, 0.6) is 0 Å². The fourth-order valence-electron chi connectivity index (χ4n) is 1.89. The number of nitrogens with zero attached hydrogens (tertiary/aromatic N) is 1. The van der Waals surface area contributed by atoms with Crippen LogP contribution >= 0.6 is 0 Å². The van der Waals surface area contributed by atoms with Gasteiger partial charge in [0.1, 0.15) is 16.5 Å². The average Bonchev–Trinajstić information content (AvgIpc) is 3.16. The number of hydrogen-bond acceptors (Lipinski definition) is 3. The molecule has 1 aromatic carbocycles. The molecule has 1 aliphatic rings. The number of amidine groups is 1. The van der Waals surface area contributed by atoms with Crippen LogP contribution in [0, 0.1) is 17.0 Å². The molecule has 1 fully saturated rings. The minimum atomic E-state index is -4.12. The second-order valence-electron chi connectivity index (χ2n) is 4.70. The summed E-state index contributed by atoms with van der Waals surface area (Å²) < 4.78 is 52.8. The zero-order valence-corrected chi connectivity index (χ0v) is 11.5. The lowest BCUT2D eigenvalue weighted by Crippen LogP contribution is -2.36. The first-order valence-corrected chi connectivity index (χ1v) is 7.56. The van der Waals surface area contributed by atoms with E-state index in [-0.39, 0.29) is 24.8 Å². The summed E-state index contributed by atoms with van der Waals surface area (Å²) in [7, 11) is -4.12. The van der Waals surface area contributed by atoms with Crippen LogP contribution in [0.25, 0.3) is 0 Å². The summed E-state index contributed by atoms with van der Waals surface area (Å²) in [4.78, 5) is -0.673. The average molecular weight is 303 g/mol. The van der Waals surface area contributed by atoms with Crippen molar-refractivity contribution in [1.82, 2.24) is 4.31 Å². The first kappa shape index (κ1) is 14.9. The van der Waals surface area contributed by atoms with E-state index in [0.717, 1.165) is 16.4 Å². The van der Waals surface area contributed by atoms with Crippen LogP contribution in [-0.4, -0.2) is 31.1 Å². The second kappa shape index (κ2) is 5.45. The third kappa shape index (κ3) is 3.13. The molecule has 0 radical (unpaired) electrons. The molecular formula is C12H15F2N3O2S. The van der Waals surface area contributed by atoms with Crippen molar-refractivity contribution < 1.29 is 17.2 Å². The Kier molecular flexibility index (Phi) is 4.05. The first-order valence-electron chi connectivity index (χ1n) is 6.12. The number of halogens is 2. The Morgan fingerprint density at radius 3 is 2.60 bits per heavy atom. The molecule has 2 rings (SSSR count). The molecule has 0 aromatic heterocycles. The lowest BCUT2D eigenvalue weighted by atomic mass is 10.3. The van der Waals surface area contributed by atoms with Crippen molar-refractivity contribution in [3.8, 4) is 0 Å². The standard InChI is InChI=1S/C12H15F2N3O2S/c13-8-1-4-10(14)11(7-8)20(18,19)17(9-2-3-9)6-5-12(15)16/h1,4,7,9H,2-3,5-6H2,(H3,15,16). The predicted octanol–water partition coefficient (Wildman–Crippen LogP) is 1.44. The molecule has 8 heteroatoms. The van der Waals surface area contributed by atoms with Crippen LogP contribution in [0.4, 0.5) is 8.78 Å². The van der Waals surface area contributed by atoms with Gasteiger partial charge in [-0.2, -0.15) is 4.31 Å². The maximum atomic E-state index is 13.7. The fourth-order valence-corrected chi connectivity index (χ4v) is 3.66. The SMILES string of the molecule is N=C(N)CCN(C1CC1)S(=O)(=O)c1cc(F)ccc1F. The Morgan fingerprint density at radius 1 is 1.40 bits per heavy atom. The van der Waals surface area contributed by atoms with E-state index in [0.29, 0.717) is 18.9 Å². The van der Waals surface area contributed by atoms with E-state index < -0.39 is 26.6 Å². The van der Waals surface area contributed by atoms with Gasteiger partial charge in [0.15, 0.2) is 0 Å². The molecule has 1 aromatic rings. The van der Waals surface area contributed by atoms with Gasteiger partial charge in [-0.05, 0) is 31.0 Å². The van der Waals surface area contributed by atoms with E-state index in [9.17, 15) is 17.2 Å². The van der Waals surface area contributed by atoms with Crippen molar-refractivity contribution in [2.45, 2.75) is 30.2 Å². The number of nitrogens with one attached hydrogen (secondary N) is 1. The molecule has 0 unspecified atom stereocenters. The van der Waals surface area contributed by atoms with E-state index >= 15 is 0 Å². The Hall–Kier alpha value is -1.54. The lowest BCUT2D eigenvalue weighted by Gasteiger charge is -2.21. The van der Waals surface area contributed by atoms with Gasteiger partial charge in [0.25, 0.3) is 0 Å². The molecular weight excluding hydrogens is 288 g/mol. The molecule has 20 heavy (non-hydrogen) atoms. The van der Waals surface area contributed by atoms with Crippen molar-refractivity contribution in [2.24, 2.45) is 5.73 Å². The van der Waals surface area contributed by atoms with E-state index in [1.807, 2.05) is 0 Å². The van der Waals surface area contributed by atoms with Crippen molar-refractivity contribution in [2.75, 3.05) is 6.54 Å². The third-order valence-corrected chi connectivity index (χ3v) is 5.00. The van der Waals surface area contributed by atoms with Crippen molar-refractivity contribution in [3.05, 3.63) is 29.8 Å². The molecule has 0 heterocycles. The third-order valence-electron chi connectivity index (χ3n) is 3.04. The number of nitrogens with two attached hydrogens (primary N) is 1. The molecule has 0 bridgehead atoms. The normalized spacial score (nSPS) is 15.6. The van der Waals surface area contributed by atoms with Gasteiger partial charge in [-0.3, -0.25) is 5.41 Å². The van der Waals surface area contributed by atoms with Crippen molar-refractivity contribution in [3.63, 3.8) is 0 Å². The first-order chi connectivity index (χ1) is 9.32. The molecule has 0 spiro atoms. The Labute approximate surface area is 115 Å². The second-order valence-corrected chi connectivity index (χ2v) is 6.56. The van der Waals surface area contributed by atoms with Gasteiger partial charge in [-0.15, -0.1) is 0 Å². The summed E-state index contributed by atoms with van der Waals surface area (Å²) in [6, 6.07) is 2.11. The molecule has 0 atom stereocenters. The zero-order valence-electron chi connectivity index (χ0n) is 10.6. The van der Waals surface area contributed by atoms with Gasteiger partial charge in [-0.1, -0.05) is 0 Å². The maximum absolute atomic E-state index is 13.7. The molecule has 0 amide bonds. The number of rotatable bonds is 6. The summed E-state index contributed by atoms with van der Waals surface area (Å²) in [6.07, 6.45) is 1.41. The van der Waals surface area contributed by atoms with E-state index in [1.54, 1.807) is 0 Å². The summed E-state index contributed by atoms with van der Waals surface area (Å²) in [5.41, 5.74) is 5.23. The molecule has 3 N–H and O–H groups in total. The highest BCUT2D eigenvalue weighted by atomic mass is 32.2. The topological polar surface area (TPSA) is 87.2 Å². The summed E-state index contributed by atoms with van der Waals surface area (Å²) in [5.74, 6) is -1.95. The van der Waals surface area contributed by atoms with Crippen LogP contribution in [0.1, 0.15) is 19.3 Å². The highest BCUT2D eigenvalue weighted by Crippen LogP contribution is 2.33. The summed E-state index contributed by atoms with van der Waals surface area (Å²) in [5, 5.41) is 7.16. The summed E-state index contributed by atoms with van der Waals surface area (Å²) >= 11 is 0. The summed E-state index contributed by atoms with van der Waals surface area (Å²) in [6.45, 7) is -0.00170. The Balaban J connectivity index is 2.35. The van der Waals surface area contributed by atoms with Gasteiger partial charge in [0.2, 0.25) is 10.0 Å². The van der Waals surface area contributed by atoms with Crippen molar-refractivity contribution in [1.29, 1.82) is 5.41 Å². The van der Waals surface area contributed by atoms with Crippen LogP contribution in [0.15, 0.2) is 23.1 Å². The van der Waals surface area contributed by atoms with E-state index in [1.165, 1.54) is 0 Å². The quantitative estimate of drug-likeness (QED) is 0.616. The van der Waals surface area contributed by atoms with Gasteiger partial charge in [-0.25, -0.2) is 17.2 Å². The highest BCUT2D eigenvalue weighted by Gasteiger charge is 2.39. The molecule has 0 aliphatic heterocycles. The number of benzene rings is 1. The van der Waals surface area contributed by atoms with Crippen LogP contribution < -0.4 is 5.73 Å². The van der Waals surface area contributed by atoms with Crippen LogP contribution in [0.3, 0.4) is 0 Å². The minimum absolute atomic E-state index is 0.00170. The van der Waals surface area contributed by atoms with Gasteiger partial charge < -0.3 is 5.73 Å². The zero-order chi connectivity index (χ0) is 14.9. The van der Waals surface area contributed by atoms with Crippen LogP contribution in [-0.2, 0) is 10.0 Å². The molecule has 1 aliphatic carbocycles.